The van der Waals surface area contributed by atoms with Gasteiger partial charge in [0.15, 0.2) is 0 Å². The van der Waals surface area contributed by atoms with Crippen LogP contribution in [0.5, 0.6) is 0 Å². The minimum atomic E-state index is -0.311. The van der Waals surface area contributed by atoms with Crippen molar-refractivity contribution in [2.45, 2.75) is 38.3 Å². The molecule has 1 aliphatic carbocycles. The second-order valence-electron chi connectivity index (χ2n) is 7.87. The van der Waals surface area contributed by atoms with Gasteiger partial charge in [0, 0.05) is 37.3 Å². The first-order valence-corrected chi connectivity index (χ1v) is 10.3. The summed E-state index contributed by atoms with van der Waals surface area (Å²) in [7, 11) is 0. The summed E-state index contributed by atoms with van der Waals surface area (Å²) in [5.74, 6) is -0.0565. The molecule has 6 heteroatoms. The van der Waals surface area contributed by atoms with E-state index in [1.54, 1.807) is 12.1 Å². The molecule has 2 fully saturated rings. The van der Waals surface area contributed by atoms with E-state index in [-0.39, 0.29) is 36.1 Å². The predicted molar refractivity (Wildman–Crippen MR) is 110 cm³/mol. The highest BCUT2D eigenvalue weighted by Crippen LogP contribution is 2.30. The largest absolute Gasteiger partial charge is 0.371 e. The van der Waals surface area contributed by atoms with Crippen molar-refractivity contribution in [3.05, 3.63) is 65.5 Å². The molecule has 1 saturated heterocycles. The van der Waals surface area contributed by atoms with Crippen LogP contribution in [0.15, 0.2) is 48.5 Å². The number of para-hydroxylation sites is 1. The first-order chi connectivity index (χ1) is 14.1. The molecular weight excluding hydrogens is 369 g/mol. The van der Waals surface area contributed by atoms with Gasteiger partial charge in [-0.15, -0.1) is 0 Å². The normalized spacial score (nSPS) is 17.1. The van der Waals surface area contributed by atoms with Gasteiger partial charge in [-0.05, 0) is 55.5 Å². The Balaban J connectivity index is 1.36. The zero-order valence-electron chi connectivity index (χ0n) is 16.4. The highest BCUT2D eigenvalue weighted by Gasteiger charge is 2.32. The molecule has 4 rings (SSSR count). The summed E-state index contributed by atoms with van der Waals surface area (Å²) in [5, 5.41) is 6.04. The summed E-state index contributed by atoms with van der Waals surface area (Å²) < 4.78 is 13.3. The van der Waals surface area contributed by atoms with Crippen molar-refractivity contribution in [2.75, 3.05) is 18.0 Å². The van der Waals surface area contributed by atoms with Crippen molar-refractivity contribution in [3.8, 4) is 0 Å². The van der Waals surface area contributed by atoms with Gasteiger partial charge in [-0.25, -0.2) is 4.39 Å². The van der Waals surface area contributed by atoms with E-state index >= 15 is 0 Å². The van der Waals surface area contributed by atoms with E-state index < -0.39 is 0 Å². The predicted octanol–water partition coefficient (Wildman–Crippen LogP) is 3.25. The van der Waals surface area contributed by atoms with Crippen LogP contribution in [0, 0.1) is 11.7 Å². The highest BCUT2D eigenvalue weighted by molar-refractivity contribution is 5.99. The zero-order valence-corrected chi connectivity index (χ0v) is 16.4. The number of hydrogen-bond donors (Lipinski definition) is 2. The number of carbonyl (C=O) groups excluding carboxylic acids is 2. The minimum Gasteiger partial charge on any atom is -0.371 e. The van der Waals surface area contributed by atoms with Crippen LogP contribution in [-0.2, 0) is 11.3 Å². The molecule has 1 heterocycles. The SMILES string of the molecule is O=C(NCc1cccc(F)c1)c1ccccc1N1CCC(NC(=O)C2CC2)CC1. The number of carbonyl (C=O) groups is 2. The Morgan fingerprint density at radius 1 is 1.00 bits per heavy atom. The Morgan fingerprint density at radius 2 is 1.76 bits per heavy atom. The number of rotatable bonds is 6. The molecular formula is C23H26FN3O2. The lowest BCUT2D eigenvalue weighted by atomic mass is 10.0. The van der Waals surface area contributed by atoms with E-state index in [9.17, 15) is 14.0 Å². The molecule has 2 aliphatic rings. The number of benzene rings is 2. The zero-order chi connectivity index (χ0) is 20.2. The summed E-state index contributed by atoms with van der Waals surface area (Å²) in [6.07, 6.45) is 3.78. The van der Waals surface area contributed by atoms with Crippen molar-refractivity contribution >= 4 is 17.5 Å². The van der Waals surface area contributed by atoms with Gasteiger partial charge in [0.05, 0.1) is 5.56 Å². The molecule has 29 heavy (non-hydrogen) atoms. The summed E-state index contributed by atoms with van der Waals surface area (Å²) in [6, 6.07) is 14.0. The third-order valence-corrected chi connectivity index (χ3v) is 5.62. The number of hydrogen-bond acceptors (Lipinski definition) is 3. The standard InChI is InChI=1S/C23H26FN3O2/c24-18-5-3-4-16(14-18)15-25-23(29)20-6-1-2-7-21(20)27-12-10-19(11-13-27)26-22(28)17-8-9-17/h1-7,14,17,19H,8-13,15H2,(H,25,29)(H,26,28). The Kier molecular flexibility index (Phi) is 5.79. The van der Waals surface area contributed by atoms with E-state index in [2.05, 4.69) is 15.5 Å². The fourth-order valence-corrected chi connectivity index (χ4v) is 3.80. The van der Waals surface area contributed by atoms with Crippen LogP contribution in [-0.4, -0.2) is 30.9 Å². The monoisotopic (exact) mass is 395 g/mol. The number of amides is 2. The molecule has 0 aromatic heterocycles. The van der Waals surface area contributed by atoms with E-state index in [4.69, 9.17) is 0 Å². The fraction of sp³-hybridized carbons (Fsp3) is 0.391. The number of piperidine rings is 1. The molecule has 1 saturated carbocycles. The lowest BCUT2D eigenvalue weighted by Gasteiger charge is -2.35. The lowest BCUT2D eigenvalue weighted by Crippen LogP contribution is -2.45. The second-order valence-corrected chi connectivity index (χ2v) is 7.87. The average molecular weight is 395 g/mol. The van der Waals surface area contributed by atoms with Gasteiger partial charge in [0.1, 0.15) is 5.82 Å². The molecule has 2 aromatic carbocycles. The maximum absolute atomic E-state index is 13.3. The molecule has 0 unspecified atom stereocenters. The van der Waals surface area contributed by atoms with Crippen molar-refractivity contribution < 1.29 is 14.0 Å². The van der Waals surface area contributed by atoms with Crippen LogP contribution >= 0.6 is 0 Å². The summed E-state index contributed by atoms with van der Waals surface area (Å²) in [6.45, 7) is 1.87. The summed E-state index contributed by atoms with van der Waals surface area (Å²) in [5.41, 5.74) is 2.24. The van der Waals surface area contributed by atoms with Gasteiger partial charge in [0.2, 0.25) is 5.91 Å². The molecule has 0 atom stereocenters. The maximum Gasteiger partial charge on any atom is 0.253 e. The van der Waals surface area contributed by atoms with Gasteiger partial charge in [-0.1, -0.05) is 24.3 Å². The third-order valence-electron chi connectivity index (χ3n) is 5.62. The molecule has 152 valence electrons. The number of nitrogens with one attached hydrogen (secondary N) is 2. The molecule has 0 spiro atoms. The summed E-state index contributed by atoms with van der Waals surface area (Å²) in [4.78, 5) is 27.0. The van der Waals surface area contributed by atoms with E-state index in [1.165, 1.54) is 12.1 Å². The van der Waals surface area contributed by atoms with Crippen molar-refractivity contribution in [1.82, 2.24) is 10.6 Å². The quantitative estimate of drug-likeness (QED) is 0.789. The molecule has 0 bridgehead atoms. The van der Waals surface area contributed by atoms with Crippen LogP contribution in [0.4, 0.5) is 10.1 Å². The van der Waals surface area contributed by atoms with Crippen molar-refractivity contribution in [2.24, 2.45) is 5.92 Å². The minimum absolute atomic E-state index is 0.172. The first-order valence-electron chi connectivity index (χ1n) is 10.3. The molecule has 5 nitrogen and oxygen atoms in total. The van der Waals surface area contributed by atoms with Crippen LogP contribution in [0.3, 0.4) is 0 Å². The van der Waals surface area contributed by atoms with Crippen molar-refractivity contribution in [1.29, 1.82) is 0 Å². The molecule has 2 N–H and O–H groups in total. The lowest BCUT2D eigenvalue weighted by molar-refractivity contribution is -0.123. The average Bonchev–Trinajstić information content (AvgIpc) is 3.58. The number of anilines is 1. The van der Waals surface area contributed by atoms with Gasteiger partial charge in [0.25, 0.3) is 5.91 Å². The fourth-order valence-electron chi connectivity index (χ4n) is 3.80. The highest BCUT2D eigenvalue weighted by atomic mass is 19.1. The Bertz CT molecular complexity index is 889. The summed E-state index contributed by atoms with van der Waals surface area (Å²) >= 11 is 0. The van der Waals surface area contributed by atoms with E-state index in [0.717, 1.165) is 50.0 Å². The smallest absolute Gasteiger partial charge is 0.253 e. The van der Waals surface area contributed by atoms with Gasteiger partial charge >= 0.3 is 0 Å². The number of nitrogens with zero attached hydrogens (tertiary/aromatic N) is 1. The molecule has 1 aliphatic heterocycles. The molecule has 2 amide bonds. The van der Waals surface area contributed by atoms with Gasteiger partial charge in [-0.3, -0.25) is 9.59 Å². The van der Waals surface area contributed by atoms with E-state index in [1.807, 2.05) is 24.3 Å². The van der Waals surface area contributed by atoms with Gasteiger partial charge in [-0.2, -0.15) is 0 Å². The van der Waals surface area contributed by atoms with Crippen LogP contribution in [0.1, 0.15) is 41.6 Å². The van der Waals surface area contributed by atoms with Crippen LogP contribution in [0.25, 0.3) is 0 Å². The van der Waals surface area contributed by atoms with Crippen molar-refractivity contribution in [3.63, 3.8) is 0 Å². The van der Waals surface area contributed by atoms with E-state index in [0.29, 0.717) is 5.56 Å². The Labute approximate surface area is 170 Å². The second kappa shape index (κ2) is 8.64. The topological polar surface area (TPSA) is 61.4 Å². The van der Waals surface area contributed by atoms with Gasteiger partial charge < -0.3 is 15.5 Å². The first kappa shape index (κ1) is 19.4. The Hall–Kier alpha value is -2.89. The number of halogens is 1. The molecule has 0 radical (unpaired) electrons. The Morgan fingerprint density at radius 3 is 2.48 bits per heavy atom. The maximum atomic E-state index is 13.3. The molecule has 2 aromatic rings. The third kappa shape index (κ3) is 4.94. The van der Waals surface area contributed by atoms with Crippen LogP contribution < -0.4 is 15.5 Å². The van der Waals surface area contributed by atoms with Crippen LogP contribution in [0.2, 0.25) is 0 Å².